The third kappa shape index (κ3) is 3.68. The van der Waals surface area contributed by atoms with Gasteiger partial charge in [-0.15, -0.1) is 0 Å². The molecule has 2 aromatic carbocycles. The molecular formula is C15H14OS. The first kappa shape index (κ1) is 11.8. The van der Waals surface area contributed by atoms with E-state index in [1.807, 2.05) is 66.7 Å². The van der Waals surface area contributed by atoms with Crippen molar-refractivity contribution in [3.05, 3.63) is 66.2 Å². The van der Waals surface area contributed by atoms with E-state index in [0.717, 1.165) is 22.8 Å². The van der Waals surface area contributed by atoms with Crippen molar-refractivity contribution in [1.82, 2.24) is 0 Å². The van der Waals surface area contributed by atoms with Gasteiger partial charge in [0.25, 0.3) is 0 Å². The highest BCUT2D eigenvalue weighted by atomic mass is 32.1. The molecule has 0 bridgehead atoms. The Balaban J connectivity index is 2.14. The summed E-state index contributed by atoms with van der Waals surface area (Å²) >= 11 is 4.14. The molecule has 0 N–H and O–H groups in total. The van der Waals surface area contributed by atoms with E-state index in [2.05, 4.69) is 12.6 Å². The zero-order valence-corrected chi connectivity index (χ0v) is 10.3. The highest BCUT2D eigenvalue weighted by Crippen LogP contribution is 2.22. The summed E-state index contributed by atoms with van der Waals surface area (Å²) in [5, 5.41) is 0. The number of para-hydroxylation sites is 1. The molecule has 0 amide bonds. The van der Waals surface area contributed by atoms with E-state index in [-0.39, 0.29) is 0 Å². The SMILES string of the molecule is SCC=Cc1cccc(Oc2ccccc2)c1. The molecule has 0 saturated heterocycles. The average Bonchev–Trinajstić information content (AvgIpc) is 2.38. The van der Waals surface area contributed by atoms with E-state index in [9.17, 15) is 0 Å². The van der Waals surface area contributed by atoms with Gasteiger partial charge in [-0.1, -0.05) is 42.5 Å². The zero-order valence-electron chi connectivity index (χ0n) is 9.41. The van der Waals surface area contributed by atoms with Gasteiger partial charge in [-0.2, -0.15) is 12.6 Å². The predicted molar refractivity (Wildman–Crippen MR) is 75.8 cm³/mol. The van der Waals surface area contributed by atoms with Crippen LogP contribution in [-0.4, -0.2) is 5.75 Å². The molecule has 17 heavy (non-hydrogen) atoms. The molecule has 0 atom stereocenters. The lowest BCUT2D eigenvalue weighted by atomic mass is 10.2. The number of thiol groups is 1. The highest BCUT2D eigenvalue weighted by Gasteiger charge is 1.96. The van der Waals surface area contributed by atoms with Gasteiger partial charge in [0, 0.05) is 5.75 Å². The molecule has 0 heterocycles. The Hall–Kier alpha value is -1.67. The summed E-state index contributed by atoms with van der Waals surface area (Å²) in [4.78, 5) is 0. The van der Waals surface area contributed by atoms with Crippen LogP contribution in [0.4, 0.5) is 0 Å². The van der Waals surface area contributed by atoms with Crippen LogP contribution in [0.5, 0.6) is 11.5 Å². The molecule has 1 nitrogen and oxygen atoms in total. The number of rotatable bonds is 4. The standard InChI is InChI=1S/C15H14OS/c17-11-5-7-13-6-4-10-15(12-13)16-14-8-2-1-3-9-14/h1-10,12,17H,11H2. The first-order chi connectivity index (χ1) is 8.38. The van der Waals surface area contributed by atoms with Crippen molar-refractivity contribution in [3.8, 4) is 11.5 Å². The van der Waals surface area contributed by atoms with E-state index in [1.54, 1.807) is 0 Å². The summed E-state index contributed by atoms with van der Waals surface area (Å²) in [6.45, 7) is 0. The van der Waals surface area contributed by atoms with Crippen molar-refractivity contribution in [2.24, 2.45) is 0 Å². The normalized spacial score (nSPS) is 10.6. The number of ether oxygens (including phenoxy) is 1. The minimum absolute atomic E-state index is 0.740. The summed E-state index contributed by atoms with van der Waals surface area (Å²) in [6.07, 6.45) is 4.04. The van der Waals surface area contributed by atoms with Gasteiger partial charge in [0.05, 0.1) is 0 Å². The number of hydrogen-bond acceptors (Lipinski definition) is 2. The van der Waals surface area contributed by atoms with Gasteiger partial charge in [0.2, 0.25) is 0 Å². The van der Waals surface area contributed by atoms with Crippen molar-refractivity contribution < 1.29 is 4.74 Å². The van der Waals surface area contributed by atoms with Gasteiger partial charge < -0.3 is 4.74 Å². The maximum atomic E-state index is 5.75. The topological polar surface area (TPSA) is 9.23 Å². The van der Waals surface area contributed by atoms with Crippen LogP contribution >= 0.6 is 12.6 Å². The molecule has 0 aliphatic carbocycles. The molecule has 2 rings (SSSR count). The van der Waals surface area contributed by atoms with E-state index in [1.165, 1.54) is 0 Å². The van der Waals surface area contributed by atoms with Gasteiger partial charge in [-0.3, -0.25) is 0 Å². The van der Waals surface area contributed by atoms with Crippen LogP contribution in [-0.2, 0) is 0 Å². The van der Waals surface area contributed by atoms with Crippen LogP contribution in [0.25, 0.3) is 6.08 Å². The van der Waals surface area contributed by atoms with Gasteiger partial charge in [0.1, 0.15) is 11.5 Å². The summed E-state index contributed by atoms with van der Waals surface area (Å²) in [5.41, 5.74) is 1.12. The third-order valence-corrected chi connectivity index (χ3v) is 2.46. The molecule has 86 valence electrons. The summed E-state index contributed by atoms with van der Waals surface area (Å²) < 4.78 is 5.75. The Morgan fingerprint density at radius 2 is 1.71 bits per heavy atom. The molecule has 0 aromatic heterocycles. The fourth-order valence-electron chi connectivity index (χ4n) is 1.50. The fourth-order valence-corrected chi connectivity index (χ4v) is 1.60. The molecule has 0 aliphatic heterocycles. The maximum absolute atomic E-state index is 5.75. The molecular weight excluding hydrogens is 228 g/mol. The van der Waals surface area contributed by atoms with E-state index in [4.69, 9.17) is 4.74 Å². The van der Waals surface area contributed by atoms with Gasteiger partial charge in [0.15, 0.2) is 0 Å². The first-order valence-electron chi connectivity index (χ1n) is 5.49. The smallest absolute Gasteiger partial charge is 0.128 e. The third-order valence-electron chi connectivity index (χ3n) is 2.25. The van der Waals surface area contributed by atoms with Crippen LogP contribution in [0.2, 0.25) is 0 Å². The largest absolute Gasteiger partial charge is 0.457 e. The van der Waals surface area contributed by atoms with Crippen molar-refractivity contribution >= 4 is 18.7 Å². The Morgan fingerprint density at radius 3 is 2.47 bits per heavy atom. The minimum atomic E-state index is 0.740. The molecule has 0 unspecified atom stereocenters. The second-order valence-electron chi connectivity index (χ2n) is 3.57. The van der Waals surface area contributed by atoms with E-state index < -0.39 is 0 Å². The summed E-state index contributed by atoms with van der Waals surface area (Å²) in [7, 11) is 0. The monoisotopic (exact) mass is 242 g/mol. The summed E-state index contributed by atoms with van der Waals surface area (Å²) in [5.74, 6) is 2.43. The van der Waals surface area contributed by atoms with Crippen molar-refractivity contribution in [3.63, 3.8) is 0 Å². The number of benzene rings is 2. The van der Waals surface area contributed by atoms with Crippen LogP contribution in [0.3, 0.4) is 0 Å². The van der Waals surface area contributed by atoms with Gasteiger partial charge in [-0.25, -0.2) is 0 Å². The lowest BCUT2D eigenvalue weighted by molar-refractivity contribution is 0.482. The minimum Gasteiger partial charge on any atom is -0.457 e. The molecule has 2 aromatic rings. The molecule has 0 spiro atoms. The Labute approximate surface area is 107 Å². The average molecular weight is 242 g/mol. The molecule has 0 aliphatic rings. The van der Waals surface area contributed by atoms with Crippen molar-refractivity contribution in [1.29, 1.82) is 0 Å². The van der Waals surface area contributed by atoms with Crippen LogP contribution in [0.15, 0.2) is 60.7 Å². The first-order valence-corrected chi connectivity index (χ1v) is 6.12. The lowest BCUT2D eigenvalue weighted by Gasteiger charge is -2.05. The fraction of sp³-hybridized carbons (Fsp3) is 0.0667. The van der Waals surface area contributed by atoms with Crippen molar-refractivity contribution in [2.75, 3.05) is 5.75 Å². The van der Waals surface area contributed by atoms with Gasteiger partial charge >= 0.3 is 0 Å². The van der Waals surface area contributed by atoms with Crippen LogP contribution in [0, 0.1) is 0 Å². The Morgan fingerprint density at radius 1 is 0.941 bits per heavy atom. The quantitative estimate of drug-likeness (QED) is 0.781. The zero-order chi connectivity index (χ0) is 11.9. The van der Waals surface area contributed by atoms with E-state index >= 15 is 0 Å². The summed E-state index contributed by atoms with van der Waals surface area (Å²) in [6, 6.07) is 17.7. The molecule has 2 heteroatoms. The van der Waals surface area contributed by atoms with Crippen LogP contribution in [0.1, 0.15) is 5.56 Å². The molecule has 0 fully saturated rings. The Kier molecular flexibility index (Phi) is 4.28. The molecule has 0 radical (unpaired) electrons. The van der Waals surface area contributed by atoms with Crippen molar-refractivity contribution in [2.45, 2.75) is 0 Å². The molecule has 0 saturated carbocycles. The predicted octanol–water partition coefficient (Wildman–Crippen LogP) is 4.42. The van der Waals surface area contributed by atoms with Crippen LogP contribution < -0.4 is 4.74 Å². The second kappa shape index (κ2) is 6.16. The maximum Gasteiger partial charge on any atom is 0.128 e. The second-order valence-corrected chi connectivity index (χ2v) is 3.94. The van der Waals surface area contributed by atoms with Gasteiger partial charge in [-0.05, 0) is 29.8 Å². The highest BCUT2D eigenvalue weighted by molar-refractivity contribution is 7.80. The Bertz CT molecular complexity index is 491. The lowest BCUT2D eigenvalue weighted by Crippen LogP contribution is -1.83. The van der Waals surface area contributed by atoms with E-state index in [0.29, 0.717) is 0 Å². The number of hydrogen-bond donors (Lipinski definition) is 1.